The first kappa shape index (κ1) is 15.9. The molecule has 1 saturated heterocycles. The maximum absolute atomic E-state index is 12.3. The summed E-state index contributed by atoms with van der Waals surface area (Å²) in [5.74, 6) is -1.07. The van der Waals surface area contributed by atoms with Gasteiger partial charge in [0.2, 0.25) is 0 Å². The maximum Gasteiger partial charge on any atom is 0.304 e. The number of rotatable bonds is 5. The predicted molar refractivity (Wildman–Crippen MR) is 77.7 cm³/mol. The summed E-state index contributed by atoms with van der Waals surface area (Å²) in [7, 11) is 0. The summed E-state index contributed by atoms with van der Waals surface area (Å²) in [6, 6.07) is 5.68. The van der Waals surface area contributed by atoms with Crippen molar-refractivity contribution in [1.82, 2.24) is 9.80 Å². The lowest BCUT2D eigenvalue weighted by Crippen LogP contribution is -2.49. The van der Waals surface area contributed by atoms with E-state index in [-0.39, 0.29) is 18.0 Å². The first-order valence-corrected chi connectivity index (χ1v) is 6.95. The lowest BCUT2D eigenvalue weighted by atomic mass is 10.1. The van der Waals surface area contributed by atoms with Crippen molar-refractivity contribution in [1.29, 1.82) is 0 Å². The van der Waals surface area contributed by atoms with Crippen LogP contribution < -0.4 is 0 Å². The zero-order valence-corrected chi connectivity index (χ0v) is 12.0. The van der Waals surface area contributed by atoms with Crippen LogP contribution >= 0.6 is 0 Å². The molecule has 1 aromatic carbocycles. The van der Waals surface area contributed by atoms with Gasteiger partial charge in [-0.1, -0.05) is 6.07 Å². The number of hydrogen-bond acceptors (Lipinski definition) is 5. The van der Waals surface area contributed by atoms with Crippen LogP contribution in [0.2, 0.25) is 0 Å². The second-order valence-corrected chi connectivity index (χ2v) is 5.09. The van der Waals surface area contributed by atoms with Crippen LogP contribution in [0, 0.1) is 10.1 Å². The molecule has 1 aromatic rings. The third-order valence-electron chi connectivity index (χ3n) is 3.61. The van der Waals surface area contributed by atoms with E-state index in [4.69, 9.17) is 5.11 Å². The van der Waals surface area contributed by atoms with E-state index in [2.05, 4.69) is 0 Å². The molecule has 1 aliphatic heterocycles. The number of carbonyl (C=O) groups excluding carboxylic acids is 1. The molecule has 8 nitrogen and oxygen atoms in total. The van der Waals surface area contributed by atoms with Gasteiger partial charge in [0.15, 0.2) is 0 Å². The highest BCUT2D eigenvalue weighted by Gasteiger charge is 2.23. The zero-order chi connectivity index (χ0) is 16.1. The van der Waals surface area contributed by atoms with Gasteiger partial charge in [-0.25, -0.2) is 0 Å². The van der Waals surface area contributed by atoms with Gasteiger partial charge in [-0.15, -0.1) is 0 Å². The van der Waals surface area contributed by atoms with Crippen molar-refractivity contribution in [3.63, 3.8) is 0 Å². The number of carboxylic acid groups (broad SMARTS) is 1. The molecule has 1 N–H and O–H groups in total. The first-order valence-electron chi connectivity index (χ1n) is 6.95. The number of nitrogens with zero attached hydrogens (tertiary/aromatic N) is 3. The van der Waals surface area contributed by atoms with E-state index in [1.807, 2.05) is 4.90 Å². The number of piperazine rings is 1. The molecule has 1 fully saturated rings. The van der Waals surface area contributed by atoms with Gasteiger partial charge in [-0.2, -0.15) is 0 Å². The fourth-order valence-electron chi connectivity index (χ4n) is 2.36. The largest absolute Gasteiger partial charge is 0.481 e. The Kier molecular flexibility index (Phi) is 5.05. The number of aliphatic carboxylic acids is 1. The number of hydrogen-bond donors (Lipinski definition) is 1. The van der Waals surface area contributed by atoms with Gasteiger partial charge < -0.3 is 10.0 Å². The third-order valence-corrected chi connectivity index (χ3v) is 3.61. The normalized spacial score (nSPS) is 15.5. The number of nitro groups is 1. The highest BCUT2D eigenvalue weighted by Crippen LogP contribution is 2.16. The zero-order valence-electron chi connectivity index (χ0n) is 12.0. The summed E-state index contributed by atoms with van der Waals surface area (Å²) in [6.07, 6.45) is 0.0822. The number of non-ortho nitro benzene ring substituents is 1. The van der Waals surface area contributed by atoms with Crippen molar-refractivity contribution in [3.8, 4) is 0 Å². The summed E-state index contributed by atoms with van der Waals surface area (Å²) in [5, 5.41) is 19.4. The molecular weight excluding hydrogens is 290 g/mol. The van der Waals surface area contributed by atoms with Crippen LogP contribution in [0.4, 0.5) is 5.69 Å². The van der Waals surface area contributed by atoms with E-state index in [9.17, 15) is 19.7 Å². The lowest BCUT2D eigenvalue weighted by Gasteiger charge is -2.34. The molecule has 1 amide bonds. The van der Waals surface area contributed by atoms with Crippen LogP contribution in [-0.4, -0.2) is 64.4 Å². The number of nitro benzene ring substituents is 1. The second-order valence-electron chi connectivity index (χ2n) is 5.09. The van der Waals surface area contributed by atoms with E-state index >= 15 is 0 Å². The molecule has 1 aliphatic rings. The van der Waals surface area contributed by atoms with Gasteiger partial charge in [0.05, 0.1) is 11.3 Å². The van der Waals surface area contributed by atoms with E-state index in [1.165, 1.54) is 18.2 Å². The number of carbonyl (C=O) groups is 2. The van der Waals surface area contributed by atoms with Gasteiger partial charge in [-0.3, -0.25) is 24.6 Å². The molecule has 0 aliphatic carbocycles. The topological polar surface area (TPSA) is 104 Å². The van der Waals surface area contributed by atoms with E-state index in [0.29, 0.717) is 38.3 Å². The molecule has 22 heavy (non-hydrogen) atoms. The molecule has 0 unspecified atom stereocenters. The highest BCUT2D eigenvalue weighted by molar-refractivity contribution is 5.94. The van der Waals surface area contributed by atoms with Gasteiger partial charge in [-0.05, 0) is 6.07 Å². The molecule has 0 saturated carbocycles. The van der Waals surface area contributed by atoms with Gasteiger partial charge in [0.25, 0.3) is 11.6 Å². The van der Waals surface area contributed by atoms with Gasteiger partial charge in [0.1, 0.15) is 0 Å². The van der Waals surface area contributed by atoms with Crippen LogP contribution in [0.25, 0.3) is 0 Å². The molecular formula is C14H17N3O5. The van der Waals surface area contributed by atoms with E-state index < -0.39 is 10.9 Å². The minimum Gasteiger partial charge on any atom is -0.481 e. The highest BCUT2D eigenvalue weighted by atomic mass is 16.6. The Morgan fingerprint density at radius 2 is 1.91 bits per heavy atom. The molecule has 8 heteroatoms. The molecule has 118 valence electrons. The van der Waals surface area contributed by atoms with Crippen molar-refractivity contribution < 1.29 is 19.6 Å². The Hall–Kier alpha value is -2.48. The molecule has 2 rings (SSSR count). The van der Waals surface area contributed by atoms with E-state index in [1.54, 1.807) is 11.0 Å². The average molecular weight is 307 g/mol. The molecule has 0 bridgehead atoms. The van der Waals surface area contributed by atoms with Crippen molar-refractivity contribution in [2.45, 2.75) is 6.42 Å². The van der Waals surface area contributed by atoms with Crippen molar-refractivity contribution in [2.75, 3.05) is 32.7 Å². The Bertz CT molecular complexity index is 582. The SMILES string of the molecule is O=C(O)CCN1CCN(C(=O)c2cccc([N+](=O)[O-])c2)CC1. The second kappa shape index (κ2) is 6.99. The van der Waals surface area contributed by atoms with Crippen LogP contribution in [0.15, 0.2) is 24.3 Å². The predicted octanol–water partition coefficient (Wildman–Crippen LogP) is 0.827. The van der Waals surface area contributed by atoms with Crippen LogP contribution in [0.3, 0.4) is 0 Å². The van der Waals surface area contributed by atoms with Crippen LogP contribution in [-0.2, 0) is 4.79 Å². The maximum atomic E-state index is 12.3. The minimum absolute atomic E-state index is 0.0822. The van der Waals surface area contributed by atoms with Crippen molar-refractivity contribution >= 4 is 17.6 Å². The Morgan fingerprint density at radius 3 is 2.50 bits per heavy atom. The summed E-state index contributed by atoms with van der Waals surface area (Å²) >= 11 is 0. The fourth-order valence-corrected chi connectivity index (χ4v) is 2.36. The molecule has 1 heterocycles. The standard InChI is InChI=1S/C14H17N3O5/c18-13(19)4-5-15-6-8-16(9-7-15)14(20)11-2-1-3-12(10-11)17(21)22/h1-3,10H,4-9H2,(H,18,19). The number of benzene rings is 1. The smallest absolute Gasteiger partial charge is 0.304 e. The monoisotopic (exact) mass is 307 g/mol. The first-order chi connectivity index (χ1) is 10.5. The van der Waals surface area contributed by atoms with Crippen LogP contribution in [0.5, 0.6) is 0 Å². The van der Waals surface area contributed by atoms with Crippen molar-refractivity contribution in [2.24, 2.45) is 0 Å². The van der Waals surface area contributed by atoms with Crippen molar-refractivity contribution in [3.05, 3.63) is 39.9 Å². The quantitative estimate of drug-likeness (QED) is 0.638. The van der Waals surface area contributed by atoms with Gasteiger partial charge in [0, 0.05) is 50.4 Å². The molecule has 0 spiro atoms. The Labute approximate surface area is 127 Å². The Balaban J connectivity index is 1.93. The summed E-state index contributed by atoms with van der Waals surface area (Å²) in [6.45, 7) is 2.65. The summed E-state index contributed by atoms with van der Waals surface area (Å²) in [4.78, 5) is 36.7. The number of amides is 1. The fraction of sp³-hybridized carbons (Fsp3) is 0.429. The van der Waals surface area contributed by atoms with E-state index in [0.717, 1.165) is 0 Å². The molecule has 0 radical (unpaired) electrons. The number of carboxylic acids is 1. The Morgan fingerprint density at radius 1 is 1.23 bits per heavy atom. The lowest BCUT2D eigenvalue weighted by molar-refractivity contribution is -0.384. The molecule has 0 atom stereocenters. The molecule has 0 aromatic heterocycles. The summed E-state index contributed by atoms with van der Waals surface area (Å²) < 4.78 is 0. The average Bonchev–Trinajstić information content (AvgIpc) is 2.53. The summed E-state index contributed by atoms with van der Waals surface area (Å²) in [5.41, 5.74) is 0.194. The third kappa shape index (κ3) is 4.01. The van der Waals surface area contributed by atoms with Crippen LogP contribution in [0.1, 0.15) is 16.8 Å². The van der Waals surface area contributed by atoms with Gasteiger partial charge >= 0.3 is 5.97 Å². The minimum atomic E-state index is -0.838.